The summed E-state index contributed by atoms with van der Waals surface area (Å²) in [6, 6.07) is 11.1. The van der Waals surface area contributed by atoms with Gasteiger partial charge >= 0.3 is 0 Å². The number of halogens is 1. The number of carbonyl (C=O) groups excluding carboxylic acids is 2. The van der Waals surface area contributed by atoms with Gasteiger partial charge in [0.25, 0.3) is 0 Å². The lowest BCUT2D eigenvalue weighted by atomic mass is 10.1. The van der Waals surface area contributed by atoms with Crippen LogP contribution in [0.15, 0.2) is 36.4 Å². The summed E-state index contributed by atoms with van der Waals surface area (Å²) >= 11 is 7.07. The molecule has 1 amide bonds. The number of hydrogen-bond acceptors (Lipinski definition) is 6. The molecule has 0 spiro atoms. The molecule has 1 fully saturated rings. The van der Waals surface area contributed by atoms with Crippen molar-refractivity contribution in [3.8, 4) is 5.75 Å². The van der Waals surface area contributed by atoms with Crippen LogP contribution >= 0.6 is 22.9 Å². The van der Waals surface area contributed by atoms with Gasteiger partial charge in [0.15, 0.2) is 5.78 Å². The molecule has 8 heteroatoms. The van der Waals surface area contributed by atoms with E-state index in [2.05, 4.69) is 10.2 Å². The minimum absolute atomic E-state index is 0.0623. The number of benzene rings is 1. The summed E-state index contributed by atoms with van der Waals surface area (Å²) in [4.78, 5) is 27.0. The number of ketones is 1. The Hall–Kier alpha value is -1.93. The third kappa shape index (κ3) is 7.44. The molecule has 29 heavy (non-hydrogen) atoms. The summed E-state index contributed by atoms with van der Waals surface area (Å²) in [5.41, 5.74) is 0.957. The lowest BCUT2D eigenvalue weighted by molar-refractivity contribution is -0.121. The fourth-order valence-electron chi connectivity index (χ4n) is 2.97. The van der Waals surface area contributed by atoms with Crippen molar-refractivity contribution in [2.24, 2.45) is 0 Å². The van der Waals surface area contributed by atoms with Crippen molar-refractivity contribution in [1.82, 2.24) is 10.2 Å². The second kappa shape index (κ2) is 11.3. The van der Waals surface area contributed by atoms with Gasteiger partial charge in [-0.05, 0) is 29.8 Å². The SMILES string of the molecule is O=C(CCC(=O)c1ccc(Cl)s1)NCc1cccc(OCCN2CCOCC2)c1. The summed E-state index contributed by atoms with van der Waals surface area (Å²) < 4.78 is 11.8. The monoisotopic (exact) mass is 436 g/mol. The van der Waals surface area contributed by atoms with Gasteiger partial charge in [-0.3, -0.25) is 14.5 Å². The molecular formula is C21H25ClN2O4S. The molecule has 6 nitrogen and oxygen atoms in total. The number of morpholine rings is 1. The van der Waals surface area contributed by atoms with Gasteiger partial charge in [-0.15, -0.1) is 11.3 Å². The third-order valence-corrected chi connectivity index (χ3v) is 5.87. The molecule has 1 aromatic carbocycles. The molecular weight excluding hydrogens is 412 g/mol. The lowest BCUT2D eigenvalue weighted by Crippen LogP contribution is -2.38. The van der Waals surface area contributed by atoms with Crippen LogP contribution in [0, 0.1) is 0 Å². The minimum atomic E-state index is -0.153. The van der Waals surface area contributed by atoms with E-state index in [4.69, 9.17) is 21.1 Å². The van der Waals surface area contributed by atoms with Gasteiger partial charge in [0.2, 0.25) is 5.91 Å². The Morgan fingerprint density at radius 2 is 2.00 bits per heavy atom. The zero-order valence-electron chi connectivity index (χ0n) is 16.2. The molecule has 1 aliphatic heterocycles. The predicted octanol–water partition coefficient (Wildman–Crippen LogP) is 3.39. The summed E-state index contributed by atoms with van der Waals surface area (Å²) in [5.74, 6) is 0.571. The number of rotatable bonds is 10. The minimum Gasteiger partial charge on any atom is -0.492 e. The van der Waals surface area contributed by atoms with Gasteiger partial charge in [0, 0.05) is 39.0 Å². The fourth-order valence-corrected chi connectivity index (χ4v) is 3.98. The Balaban J connectivity index is 1.36. The quantitative estimate of drug-likeness (QED) is 0.578. The lowest BCUT2D eigenvalue weighted by Gasteiger charge is -2.26. The van der Waals surface area contributed by atoms with Crippen LogP contribution in [-0.4, -0.2) is 56.0 Å². The number of amides is 1. The van der Waals surface area contributed by atoms with Crippen molar-refractivity contribution in [1.29, 1.82) is 0 Å². The van der Waals surface area contributed by atoms with Gasteiger partial charge in [-0.1, -0.05) is 23.7 Å². The van der Waals surface area contributed by atoms with Crippen LogP contribution in [0.1, 0.15) is 28.1 Å². The maximum absolute atomic E-state index is 12.1. The highest BCUT2D eigenvalue weighted by atomic mass is 35.5. The largest absolute Gasteiger partial charge is 0.492 e. The normalized spacial score (nSPS) is 14.5. The smallest absolute Gasteiger partial charge is 0.220 e. The third-order valence-electron chi connectivity index (χ3n) is 4.60. The van der Waals surface area contributed by atoms with Crippen LogP contribution in [0.25, 0.3) is 0 Å². The summed E-state index contributed by atoms with van der Waals surface area (Å²) in [6.45, 7) is 5.33. The number of nitrogens with zero attached hydrogens (tertiary/aromatic N) is 1. The molecule has 1 saturated heterocycles. The highest BCUT2D eigenvalue weighted by Crippen LogP contribution is 2.23. The van der Waals surface area contributed by atoms with Gasteiger partial charge in [0.05, 0.1) is 22.4 Å². The molecule has 0 unspecified atom stereocenters. The number of carbonyl (C=O) groups is 2. The first kappa shape index (κ1) is 21.8. The number of hydrogen-bond donors (Lipinski definition) is 1. The molecule has 0 radical (unpaired) electrons. The van der Waals surface area contributed by atoms with E-state index >= 15 is 0 Å². The maximum atomic E-state index is 12.1. The molecule has 0 saturated carbocycles. The summed E-state index contributed by atoms with van der Waals surface area (Å²) in [5, 5.41) is 2.85. The summed E-state index contributed by atoms with van der Waals surface area (Å²) in [7, 11) is 0. The van der Waals surface area contributed by atoms with E-state index in [9.17, 15) is 9.59 Å². The molecule has 2 heterocycles. The highest BCUT2D eigenvalue weighted by Gasteiger charge is 2.12. The maximum Gasteiger partial charge on any atom is 0.220 e. The zero-order valence-corrected chi connectivity index (χ0v) is 17.8. The van der Waals surface area contributed by atoms with Gasteiger partial charge in [-0.25, -0.2) is 0 Å². The molecule has 2 aromatic rings. The molecule has 0 aliphatic carbocycles. The second-order valence-corrected chi connectivity index (χ2v) is 8.47. The summed E-state index contributed by atoms with van der Waals surface area (Å²) in [6.07, 6.45) is 0.331. The highest BCUT2D eigenvalue weighted by molar-refractivity contribution is 7.18. The molecule has 3 rings (SSSR count). The van der Waals surface area contributed by atoms with Crippen LogP contribution in [0.5, 0.6) is 5.75 Å². The van der Waals surface area contributed by atoms with Crippen molar-refractivity contribution in [3.05, 3.63) is 51.2 Å². The second-order valence-electron chi connectivity index (χ2n) is 6.75. The Kier molecular flexibility index (Phi) is 8.49. The molecule has 0 bridgehead atoms. The first-order valence-electron chi connectivity index (χ1n) is 9.67. The van der Waals surface area contributed by atoms with E-state index in [1.165, 1.54) is 11.3 Å². The van der Waals surface area contributed by atoms with Crippen molar-refractivity contribution < 1.29 is 19.1 Å². The van der Waals surface area contributed by atoms with E-state index in [1.807, 2.05) is 24.3 Å². The Morgan fingerprint density at radius 1 is 1.17 bits per heavy atom. The van der Waals surface area contributed by atoms with E-state index in [-0.39, 0.29) is 24.5 Å². The van der Waals surface area contributed by atoms with E-state index in [0.29, 0.717) is 22.4 Å². The number of ether oxygens (including phenoxy) is 2. The van der Waals surface area contributed by atoms with Gasteiger partial charge < -0.3 is 14.8 Å². The Bertz CT molecular complexity index is 821. The zero-order chi connectivity index (χ0) is 20.5. The Morgan fingerprint density at radius 3 is 2.76 bits per heavy atom. The van der Waals surface area contributed by atoms with E-state index in [0.717, 1.165) is 44.2 Å². The predicted molar refractivity (Wildman–Crippen MR) is 114 cm³/mol. The van der Waals surface area contributed by atoms with Crippen LogP contribution in [0.2, 0.25) is 4.34 Å². The van der Waals surface area contributed by atoms with Crippen LogP contribution < -0.4 is 10.1 Å². The van der Waals surface area contributed by atoms with Crippen molar-refractivity contribution in [3.63, 3.8) is 0 Å². The van der Waals surface area contributed by atoms with E-state index in [1.54, 1.807) is 12.1 Å². The number of thiophene rings is 1. The molecule has 1 aromatic heterocycles. The first-order valence-corrected chi connectivity index (χ1v) is 10.9. The topological polar surface area (TPSA) is 67.9 Å². The average Bonchev–Trinajstić information content (AvgIpc) is 3.18. The molecule has 0 atom stereocenters. The van der Waals surface area contributed by atoms with Crippen LogP contribution in [-0.2, 0) is 16.1 Å². The Labute approximate surface area is 179 Å². The standard InChI is InChI=1S/C21H25ClN2O4S/c22-20-6-5-19(29-20)18(25)4-7-21(26)23-15-16-2-1-3-17(14-16)28-13-10-24-8-11-27-12-9-24/h1-3,5-6,14H,4,7-13,15H2,(H,23,26). The van der Waals surface area contributed by atoms with Crippen LogP contribution in [0.4, 0.5) is 0 Å². The molecule has 1 N–H and O–H groups in total. The van der Waals surface area contributed by atoms with Crippen molar-refractivity contribution in [2.45, 2.75) is 19.4 Å². The number of nitrogens with one attached hydrogen (secondary N) is 1. The average molecular weight is 437 g/mol. The fraction of sp³-hybridized carbons (Fsp3) is 0.429. The van der Waals surface area contributed by atoms with Gasteiger partial charge in [0.1, 0.15) is 12.4 Å². The first-order chi connectivity index (χ1) is 14.1. The van der Waals surface area contributed by atoms with Crippen LogP contribution in [0.3, 0.4) is 0 Å². The van der Waals surface area contributed by atoms with Crippen molar-refractivity contribution in [2.75, 3.05) is 39.5 Å². The molecule has 1 aliphatic rings. The molecule has 156 valence electrons. The van der Waals surface area contributed by atoms with E-state index < -0.39 is 0 Å². The van der Waals surface area contributed by atoms with Crippen molar-refractivity contribution >= 4 is 34.6 Å². The number of Topliss-reactive ketones (excluding diaryl/α,β-unsaturated/α-hetero) is 1. The van der Waals surface area contributed by atoms with Gasteiger partial charge in [-0.2, -0.15) is 0 Å².